The van der Waals surface area contributed by atoms with E-state index >= 15 is 0 Å². The number of hydrogen-bond donors (Lipinski definition) is 0. The lowest BCUT2D eigenvalue weighted by Crippen LogP contribution is -2.26. The van der Waals surface area contributed by atoms with Gasteiger partial charge in [0.1, 0.15) is 40.3 Å². The highest BCUT2D eigenvalue weighted by Crippen LogP contribution is 2.69. The fourth-order valence-electron chi connectivity index (χ4n) is 8.62. The van der Waals surface area contributed by atoms with E-state index in [1.54, 1.807) is 42.7 Å². The number of methoxy groups -OCH3 is 6. The molecule has 7 aromatic rings. The van der Waals surface area contributed by atoms with Crippen LogP contribution >= 0.6 is 7.92 Å². The quantitative estimate of drug-likeness (QED) is 0.107. The van der Waals surface area contributed by atoms with Gasteiger partial charge in [-0.05, 0) is 49.8 Å². The van der Waals surface area contributed by atoms with Crippen molar-refractivity contribution in [3.05, 3.63) is 163 Å². The van der Waals surface area contributed by atoms with Gasteiger partial charge in [0.05, 0.1) is 53.8 Å². The van der Waals surface area contributed by atoms with Crippen LogP contribution in [0.15, 0.2) is 152 Å². The van der Waals surface area contributed by atoms with Crippen LogP contribution in [0.2, 0.25) is 0 Å². The molecule has 0 N–H and O–H groups in total. The van der Waals surface area contributed by atoms with Crippen molar-refractivity contribution in [1.29, 1.82) is 0 Å². The summed E-state index contributed by atoms with van der Waals surface area (Å²) in [5.41, 5.74) is 9.80. The summed E-state index contributed by atoms with van der Waals surface area (Å²) in [4.78, 5) is 14.3. The Morgan fingerprint density at radius 2 is 0.754 bits per heavy atom. The summed E-state index contributed by atoms with van der Waals surface area (Å²) in [6, 6.07) is 52.2. The van der Waals surface area contributed by atoms with Crippen LogP contribution in [0.4, 0.5) is 0 Å². The number of hydrogen-bond acceptors (Lipinski definition) is 7. The number of benzene rings is 7. The van der Waals surface area contributed by atoms with Crippen LogP contribution in [-0.4, -0.2) is 48.4 Å². The normalized spacial score (nSPS) is 16.1. The number of carbonyl (C=O) groups excluding carboxylic acids is 1. The summed E-state index contributed by atoms with van der Waals surface area (Å²) in [6.45, 7) is 0. The van der Waals surface area contributed by atoms with Crippen molar-refractivity contribution in [3.63, 3.8) is 0 Å². The zero-order valence-corrected chi connectivity index (χ0v) is 36.2. The Morgan fingerprint density at radius 3 is 1.08 bits per heavy atom. The van der Waals surface area contributed by atoms with E-state index < -0.39 is 7.92 Å². The molecule has 0 spiro atoms. The fraction of sp³-hybridized carbons (Fsp3) is 0.189. The number of ketones is 1. The molecule has 1 heterocycles. The van der Waals surface area contributed by atoms with Gasteiger partial charge >= 0.3 is 0 Å². The minimum Gasteiger partial charge on any atom is -0.496 e. The van der Waals surface area contributed by atoms with Gasteiger partial charge in [-0.15, -0.1) is 0 Å². The predicted octanol–water partition coefficient (Wildman–Crippen LogP) is 12.4. The first-order valence-corrected chi connectivity index (χ1v) is 21.7. The van der Waals surface area contributed by atoms with Crippen molar-refractivity contribution in [3.8, 4) is 79.0 Å². The monoisotopic (exact) mass is 828 g/mol. The maximum Gasteiger partial charge on any atom is 0.134 e. The molecule has 2 unspecified atom stereocenters. The molecule has 0 saturated carbocycles. The first-order chi connectivity index (χ1) is 29.9. The van der Waals surface area contributed by atoms with Gasteiger partial charge in [-0.25, -0.2) is 0 Å². The largest absolute Gasteiger partial charge is 0.496 e. The highest BCUT2D eigenvalue weighted by molar-refractivity contribution is 7.67. The van der Waals surface area contributed by atoms with E-state index in [2.05, 4.69) is 115 Å². The lowest BCUT2D eigenvalue weighted by atomic mass is 9.95. The molecule has 0 aromatic heterocycles. The molecular weight excluding hydrogens is 780 g/mol. The molecule has 7 nitrogen and oxygen atoms in total. The molecule has 0 aliphatic carbocycles. The van der Waals surface area contributed by atoms with Gasteiger partial charge in [-0.1, -0.05) is 135 Å². The fourth-order valence-corrected chi connectivity index (χ4v) is 12.4. The molecule has 2 atom stereocenters. The SMILES string of the molecule is COc1cc(OC)c(-c2cccc(-c3c(OC)cc(OC)cc3OC)c2P2C(c3ccc(-c4ccccc4)cc3)CC(=O)CC2c2ccc(-c3ccccc3)cc2)c(OC)c1. The van der Waals surface area contributed by atoms with Crippen molar-refractivity contribution >= 4 is 19.0 Å². The van der Waals surface area contributed by atoms with Gasteiger partial charge in [0, 0.05) is 48.4 Å². The molecule has 1 aliphatic rings. The molecule has 0 amide bonds. The summed E-state index contributed by atoms with van der Waals surface area (Å²) in [6.07, 6.45) is 0.771. The van der Waals surface area contributed by atoms with Gasteiger partial charge in [0.15, 0.2) is 0 Å². The smallest absolute Gasteiger partial charge is 0.134 e. The first-order valence-electron chi connectivity index (χ1n) is 20.2. The molecule has 1 aliphatic heterocycles. The zero-order valence-electron chi connectivity index (χ0n) is 35.3. The lowest BCUT2D eigenvalue weighted by Gasteiger charge is -2.41. The van der Waals surface area contributed by atoms with Crippen LogP contribution in [0.1, 0.15) is 35.3 Å². The van der Waals surface area contributed by atoms with Crippen molar-refractivity contribution in [2.75, 3.05) is 42.7 Å². The maximum atomic E-state index is 14.3. The van der Waals surface area contributed by atoms with Gasteiger partial charge in [0.25, 0.3) is 0 Å². The number of carbonyl (C=O) groups is 1. The average Bonchev–Trinajstić information content (AvgIpc) is 3.33. The van der Waals surface area contributed by atoms with Crippen molar-refractivity contribution in [2.24, 2.45) is 0 Å². The van der Waals surface area contributed by atoms with E-state index in [1.807, 2.05) is 36.4 Å². The Morgan fingerprint density at radius 1 is 0.410 bits per heavy atom. The lowest BCUT2D eigenvalue weighted by molar-refractivity contribution is -0.119. The second kappa shape index (κ2) is 18.4. The molecule has 1 saturated heterocycles. The Hall–Kier alpha value is -6.56. The van der Waals surface area contributed by atoms with Gasteiger partial charge in [-0.2, -0.15) is 0 Å². The second-order valence-electron chi connectivity index (χ2n) is 14.9. The second-order valence-corrected chi connectivity index (χ2v) is 17.4. The molecule has 7 aromatic carbocycles. The average molecular weight is 829 g/mol. The van der Waals surface area contributed by atoms with Crippen molar-refractivity contribution < 1.29 is 33.2 Å². The Labute approximate surface area is 359 Å². The highest BCUT2D eigenvalue weighted by Gasteiger charge is 2.43. The maximum absolute atomic E-state index is 14.3. The van der Waals surface area contributed by atoms with Crippen molar-refractivity contribution in [2.45, 2.75) is 24.2 Å². The minimum atomic E-state index is -1.29. The third kappa shape index (κ3) is 8.18. The van der Waals surface area contributed by atoms with Crippen LogP contribution < -0.4 is 33.7 Å². The van der Waals surface area contributed by atoms with Crippen molar-refractivity contribution in [1.82, 2.24) is 0 Å². The number of Topliss-reactive ketones (excluding diaryl/α,β-unsaturated/α-hetero) is 1. The molecular formula is C53H49O7P. The minimum absolute atomic E-state index is 0.162. The van der Waals surface area contributed by atoms with E-state index in [-0.39, 0.29) is 17.1 Å². The number of rotatable bonds is 13. The topological polar surface area (TPSA) is 72.5 Å². The Kier molecular flexibility index (Phi) is 12.4. The summed E-state index contributed by atoms with van der Waals surface area (Å²) >= 11 is 0. The zero-order chi connectivity index (χ0) is 42.5. The van der Waals surface area contributed by atoms with Crippen LogP contribution in [0, 0.1) is 0 Å². The molecule has 61 heavy (non-hydrogen) atoms. The summed E-state index contributed by atoms with van der Waals surface area (Å²) < 4.78 is 36.1. The molecule has 0 bridgehead atoms. The van der Waals surface area contributed by atoms with Gasteiger partial charge in [-0.3, -0.25) is 4.79 Å². The van der Waals surface area contributed by atoms with Gasteiger partial charge < -0.3 is 28.4 Å². The molecule has 308 valence electrons. The van der Waals surface area contributed by atoms with E-state index in [0.29, 0.717) is 47.3 Å². The molecule has 1 fully saturated rings. The standard InChI is InChI=1S/C53H49O7P/c1-55-41-30-45(57-3)51(46(31-41)58-4)43-18-13-19-44(52-47(59-5)32-42(56-2)33-48(52)60-6)53(43)61-49(38-24-20-36(21-25-38)34-14-9-7-10-15-34)28-40(54)29-50(61)39-26-22-37(23-27-39)35-16-11-8-12-17-35/h7-27,30-33,49-50H,28-29H2,1-6H3. The van der Waals surface area contributed by atoms with Crippen LogP contribution in [0.3, 0.4) is 0 Å². The molecule has 8 rings (SSSR count). The Bertz CT molecular complexity index is 2400. The Balaban J connectivity index is 1.45. The van der Waals surface area contributed by atoms with Crippen LogP contribution in [0.25, 0.3) is 44.5 Å². The van der Waals surface area contributed by atoms with E-state index in [9.17, 15) is 4.79 Å². The predicted molar refractivity (Wildman–Crippen MR) is 247 cm³/mol. The van der Waals surface area contributed by atoms with E-state index in [0.717, 1.165) is 60.9 Å². The van der Waals surface area contributed by atoms with Crippen LogP contribution in [-0.2, 0) is 4.79 Å². The molecule has 8 heteroatoms. The first kappa shape index (κ1) is 41.2. The summed E-state index contributed by atoms with van der Waals surface area (Å²) in [7, 11) is 8.62. The van der Waals surface area contributed by atoms with Gasteiger partial charge in [0.2, 0.25) is 0 Å². The number of ether oxygens (including phenoxy) is 6. The summed E-state index contributed by atoms with van der Waals surface area (Å²) in [5, 5.41) is 1.07. The van der Waals surface area contributed by atoms with E-state index in [1.165, 1.54) is 0 Å². The van der Waals surface area contributed by atoms with E-state index in [4.69, 9.17) is 28.4 Å². The molecule has 0 radical (unpaired) electrons. The summed E-state index contributed by atoms with van der Waals surface area (Å²) in [5.74, 6) is 3.83. The third-order valence-corrected chi connectivity index (χ3v) is 14.9. The highest BCUT2D eigenvalue weighted by atomic mass is 31.1. The van der Waals surface area contributed by atoms with Crippen LogP contribution in [0.5, 0.6) is 34.5 Å². The third-order valence-electron chi connectivity index (χ3n) is 11.6.